The second-order valence-electron chi connectivity index (χ2n) is 12.0. The van der Waals surface area contributed by atoms with E-state index >= 15 is 0 Å². The van der Waals surface area contributed by atoms with Gasteiger partial charge in [0, 0.05) is 38.8 Å². The number of rotatable bonds is 2. The van der Waals surface area contributed by atoms with Crippen LogP contribution in [0.2, 0.25) is 0 Å². The predicted octanol–water partition coefficient (Wildman–Crippen LogP) is 10.5. The largest absolute Gasteiger partial charge is 0.309 e. The zero-order valence-corrected chi connectivity index (χ0v) is 23.6. The summed E-state index contributed by atoms with van der Waals surface area (Å²) < 4.78 is 2.44. The first-order chi connectivity index (χ1) is 20.6. The number of benzene rings is 6. The van der Waals surface area contributed by atoms with Gasteiger partial charge in [-0.2, -0.15) is 0 Å². The average Bonchev–Trinajstić information content (AvgIpc) is 3.48. The highest BCUT2D eigenvalue weighted by Crippen LogP contribution is 2.51. The third-order valence-electron chi connectivity index (χ3n) is 9.43. The van der Waals surface area contributed by atoms with Crippen molar-refractivity contribution < 1.29 is 0 Å². The van der Waals surface area contributed by atoms with Crippen LogP contribution >= 0.6 is 0 Å². The Labute approximate surface area is 244 Å². The van der Waals surface area contributed by atoms with Gasteiger partial charge in [-0.25, -0.2) is 0 Å². The van der Waals surface area contributed by atoms with Crippen molar-refractivity contribution in [2.24, 2.45) is 0 Å². The lowest BCUT2D eigenvalue weighted by Crippen LogP contribution is -2.14. The lowest BCUT2D eigenvalue weighted by atomic mass is 9.82. The minimum atomic E-state index is -0.0452. The molecule has 2 aromatic heterocycles. The molecule has 9 rings (SSSR count). The second kappa shape index (κ2) is 8.41. The third kappa shape index (κ3) is 3.12. The maximum Gasteiger partial charge on any atom is 0.0786 e. The van der Waals surface area contributed by atoms with Gasteiger partial charge in [0.25, 0.3) is 0 Å². The lowest BCUT2D eigenvalue weighted by Gasteiger charge is -2.21. The van der Waals surface area contributed by atoms with E-state index in [1.807, 2.05) is 12.3 Å². The molecule has 198 valence electrons. The molecule has 1 aliphatic carbocycles. The van der Waals surface area contributed by atoms with Crippen LogP contribution in [0.1, 0.15) is 25.0 Å². The summed E-state index contributed by atoms with van der Waals surface area (Å²) in [6.45, 7) is 4.71. The molecule has 0 amide bonds. The van der Waals surface area contributed by atoms with E-state index in [-0.39, 0.29) is 5.41 Å². The van der Waals surface area contributed by atoms with Gasteiger partial charge in [-0.05, 0) is 75.2 Å². The first kappa shape index (κ1) is 23.5. The smallest absolute Gasteiger partial charge is 0.0786 e. The number of hydrogen-bond acceptors (Lipinski definition) is 1. The average molecular weight is 537 g/mol. The Morgan fingerprint density at radius 1 is 0.548 bits per heavy atom. The highest BCUT2D eigenvalue weighted by atomic mass is 15.0. The maximum absolute atomic E-state index is 4.77. The molecule has 0 spiro atoms. The molecule has 0 saturated carbocycles. The molecular weight excluding hydrogens is 508 g/mol. The van der Waals surface area contributed by atoms with Crippen molar-refractivity contribution in [1.29, 1.82) is 0 Å². The van der Waals surface area contributed by atoms with Gasteiger partial charge in [-0.1, -0.05) is 105 Å². The van der Waals surface area contributed by atoms with Crippen molar-refractivity contribution in [3.8, 4) is 27.9 Å². The molecule has 0 aliphatic heterocycles. The molecule has 0 N–H and O–H groups in total. The Morgan fingerprint density at radius 2 is 1.31 bits per heavy atom. The Balaban J connectivity index is 1.26. The number of para-hydroxylation sites is 1. The Bertz CT molecular complexity index is 2370. The second-order valence-corrected chi connectivity index (χ2v) is 12.0. The van der Waals surface area contributed by atoms with Gasteiger partial charge < -0.3 is 4.57 Å². The van der Waals surface area contributed by atoms with E-state index in [9.17, 15) is 0 Å². The summed E-state index contributed by atoms with van der Waals surface area (Å²) in [7, 11) is 0. The fourth-order valence-electron chi connectivity index (χ4n) is 7.39. The summed E-state index contributed by atoms with van der Waals surface area (Å²) >= 11 is 0. The van der Waals surface area contributed by atoms with Crippen molar-refractivity contribution in [2.45, 2.75) is 19.3 Å². The van der Waals surface area contributed by atoms with Gasteiger partial charge in [-0.15, -0.1) is 0 Å². The number of fused-ring (bicyclic) bond motifs is 9. The van der Waals surface area contributed by atoms with Gasteiger partial charge in [0.2, 0.25) is 0 Å². The maximum atomic E-state index is 4.77. The standard InChI is InChI=1S/C40H28N2/c1-40(2)34-14-5-3-11-30(34)32-23-33-31-12-4-6-15-36(31)42(37(33)24-35(32)40)28-20-18-25(19-21-28)29-13-7-9-26-16-17-27-10-8-22-41-39(27)38(26)29/h3-24H,1-2H3. The molecular formula is C40H28N2. The Kier molecular flexibility index (Phi) is 4.70. The molecule has 0 atom stereocenters. The van der Waals surface area contributed by atoms with Crippen molar-refractivity contribution >= 4 is 43.5 Å². The van der Waals surface area contributed by atoms with E-state index in [4.69, 9.17) is 4.98 Å². The fraction of sp³-hybridized carbons (Fsp3) is 0.0750. The van der Waals surface area contributed by atoms with Gasteiger partial charge in [-0.3, -0.25) is 4.98 Å². The van der Waals surface area contributed by atoms with E-state index in [1.54, 1.807) is 0 Å². The first-order valence-electron chi connectivity index (χ1n) is 14.6. The molecule has 8 aromatic rings. The van der Waals surface area contributed by atoms with Crippen LogP contribution in [0.3, 0.4) is 0 Å². The van der Waals surface area contributed by atoms with E-state index in [2.05, 4.69) is 140 Å². The molecule has 1 aliphatic rings. The molecule has 2 heterocycles. The van der Waals surface area contributed by atoms with Gasteiger partial charge in [0.15, 0.2) is 0 Å². The number of aromatic nitrogens is 2. The van der Waals surface area contributed by atoms with Crippen molar-refractivity contribution in [1.82, 2.24) is 9.55 Å². The van der Waals surface area contributed by atoms with Crippen LogP contribution in [-0.2, 0) is 5.41 Å². The van der Waals surface area contributed by atoms with Crippen molar-refractivity contribution in [3.05, 3.63) is 145 Å². The molecule has 2 heteroatoms. The van der Waals surface area contributed by atoms with Crippen molar-refractivity contribution in [2.75, 3.05) is 0 Å². The summed E-state index contributed by atoms with van der Waals surface area (Å²) in [5.74, 6) is 0. The highest BCUT2D eigenvalue weighted by molar-refractivity contribution is 6.13. The van der Waals surface area contributed by atoms with Crippen LogP contribution in [0.4, 0.5) is 0 Å². The van der Waals surface area contributed by atoms with Crippen LogP contribution in [0, 0.1) is 0 Å². The molecule has 0 radical (unpaired) electrons. The lowest BCUT2D eigenvalue weighted by molar-refractivity contribution is 0.661. The number of hydrogen-bond donors (Lipinski definition) is 0. The number of pyridine rings is 1. The third-order valence-corrected chi connectivity index (χ3v) is 9.43. The number of nitrogens with zero attached hydrogens (tertiary/aromatic N) is 2. The molecule has 0 unspecified atom stereocenters. The van der Waals surface area contributed by atoms with E-state index in [0.29, 0.717) is 0 Å². The normalized spacial score (nSPS) is 13.7. The monoisotopic (exact) mass is 536 g/mol. The SMILES string of the molecule is CC1(C)c2ccccc2-c2cc3c4ccccc4n(-c4ccc(-c5cccc6ccc7cccnc7c56)cc4)c3cc21. The minimum Gasteiger partial charge on any atom is -0.309 e. The van der Waals surface area contributed by atoms with Gasteiger partial charge >= 0.3 is 0 Å². The van der Waals surface area contributed by atoms with E-state index in [1.165, 1.54) is 71.6 Å². The summed E-state index contributed by atoms with van der Waals surface area (Å²) in [5, 5.41) is 6.16. The Morgan fingerprint density at radius 3 is 2.21 bits per heavy atom. The zero-order valence-electron chi connectivity index (χ0n) is 23.6. The van der Waals surface area contributed by atoms with Crippen molar-refractivity contribution in [3.63, 3.8) is 0 Å². The van der Waals surface area contributed by atoms with Crippen LogP contribution < -0.4 is 0 Å². The molecule has 6 aromatic carbocycles. The summed E-state index contributed by atoms with van der Waals surface area (Å²) in [6, 6.07) is 46.7. The molecule has 0 bridgehead atoms. The van der Waals surface area contributed by atoms with Gasteiger partial charge in [0.1, 0.15) is 0 Å². The predicted molar refractivity (Wildman–Crippen MR) is 177 cm³/mol. The summed E-state index contributed by atoms with van der Waals surface area (Å²) in [4.78, 5) is 4.77. The summed E-state index contributed by atoms with van der Waals surface area (Å²) in [5.41, 5.74) is 12.6. The topological polar surface area (TPSA) is 17.8 Å². The Hall–Kier alpha value is -5.21. The quantitative estimate of drug-likeness (QED) is 0.201. The zero-order chi connectivity index (χ0) is 28.0. The minimum absolute atomic E-state index is 0.0452. The molecule has 42 heavy (non-hydrogen) atoms. The highest BCUT2D eigenvalue weighted by Gasteiger charge is 2.36. The molecule has 0 saturated heterocycles. The van der Waals surface area contributed by atoms with Crippen LogP contribution in [0.5, 0.6) is 0 Å². The van der Waals surface area contributed by atoms with E-state index < -0.39 is 0 Å². The molecule has 0 fully saturated rings. The van der Waals surface area contributed by atoms with Crippen LogP contribution in [0.25, 0.3) is 71.4 Å². The van der Waals surface area contributed by atoms with Crippen LogP contribution in [-0.4, -0.2) is 9.55 Å². The van der Waals surface area contributed by atoms with Crippen LogP contribution in [0.15, 0.2) is 134 Å². The van der Waals surface area contributed by atoms with E-state index in [0.717, 1.165) is 10.9 Å². The first-order valence-corrected chi connectivity index (χ1v) is 14.6. The summed E-state index contributed by atoms with van der Waals surface area (Å²) in [6.07, 6.45) is 1.89. The van der Waals surface area contributed by atoms with Gasteiger partial charge in [0.05, 0.1) is 16.6 Å². The molecule has 2 nitrogen and oxygen atoms in total. The fourth-order valence-corrected chi connectivity index (χ4v) is 7.39.